The maximum absolute atomic E-state index is 14.6. The molecular weight excluding hydrogens is 1750 g/mol. The van der Waals surface area contributed by atoms with Crippen LogP contribution in [0.25, 0.3) is 0 Å². The van der Waals surface area contributed by atoms with Crippen LogP contribution >= 0.6 is 0 Å². The van der Waals surface area contributed by atoms with Crippen LogP contribution < -0.4 is 37.4 Å². The monoisotopic (exact) mass is 1840 g/mol. The van der Waals surface area contributed by atoms with E-state index in [1.54, 1.807) is 70.9 Å². The topological polar surface area (TPSA) is 481 Å². The van der Waals surface area contributed by atoms with Crippen molar-refractivity contribution >= 4 is 89.2 Å². The number of carbonyl (C=O) groups is 6. The Balaban J connectivity index is 0.575. The number of sulfone groups is 1. The first kappa shape index (κ1) is 93.9. The Labute approximate surface area is 748 Å². The standard InChI is InChI=1S/C91H96N8O28S3/c1-55-19-22-69(23-20-55)128(110,111)34-26-75(102)60-15-8-16-62(38-60)88(107)92-27-25-84(129(112,113)114)76(103)18-10-30-120-32-33-121-54-65-50-97(96-95-65)28-31-119-29-9-17-74(101)61-21-24-77(124-91-87(106)86(105)85(104)83(51-100)125-91)82(41-61)127-130(115,116)126-68-36-56(52-122-80-44-72-70(42-78(80)117-2)89(108)98-48-63-13-6-4-11-58(63)39-66(98)46-93-72)35-57(37-68)53-123-81-45-73-71(43-79(81)118-3)90(109)99-49-64-14-7-5-12-59(64)40-67(99)47-94-73/h4-8,11-16,19-24,35-38,41-47,50,66-67,83-87,91,100,104-106H,9-10,17-18,25-34,39-40,48-49,51-54H2,1-3H3,(H,92,107)(H,112,113,114)/t66-,67-,83+,84?,85-,86-,87+,91?/m0/s1. The van der Waals surface area contributed by atoms with Gasteiger partial charge in [0.25, 0.3) is 27.8 Å². The Bertz CT molecular complexity index is 5950. The highest BCUT2D eigenvalue weighted by Crippen LogP contribution is 2.43. The number of Topliss-reactive ketones (excluding diaryl/α,β-unsaturated/α-hetero) is 3. The van der Waals surface area contributed by atoms with Crippen molar-refractivity contribution in [3.8, 4) is 40.2 Å². The van der Waals surface area contributed by atoms with Crippen LogP contribution in [-0.4, -0.2) is 237 Å². The van der Waals surface area contributed by atoms with Gasteiger partial charge in [-0.05, 0) is 145 Å². The predicted octanol–water partition coefficient (Wildman–Crippen LogP) is 7.89. The van der Waals surface area contributed by atoms with Crippen molar-refractivity contribution in [3.05, 3.63) is 236 Å². The van der Waals surface area contributed by atoms with Gasteiger partial charge in [0.15, 0.2) is 61.7 Å². The summed E-state index contributed by atoms with van der Waals surface area (Å²) in [4.78, 5) is 94.8. The zero-order chi connectivity index (χ0) is 92.0. The van der Waals surface area contributed by atoms with Crippen LogP contribution in [0.15, 0.2) is 179 Å². The number of fused-ring (bicyclic) bond motifs is 6. The van der Waals surface area contributed by atoms with Crippen molar-refractivity contribution in [2.75, 3.05) is 66.2 Å². The molecular formula is C91H96N8O28S3. The lowest BCUT2D eigenvalue weighted by molar-refractivity contribution is -0.277. The second-order valence-electron chi connectivity index (χ2n) is 31.4. The molecule has 39 heteroatoms. The molecule has 1 aromatic heterocycles. The number of nitrogens with zero attached hydrogens (tertiary/aromatic N) is 7. The third-order valence-corrected chi connectivity index (χ3v) is 26.1. The number of hydrogen-bond acceptors (Lipinski definition) is 31. The summed E-state index contributed by atoms with van der Waals surface area (Å²) in [6.07, 6.45) is -3.78. The molecule has 9 aromatic rings. The number of aliphatic imine (C=N–C) groups is 2. The van der Waals surface area contributed by atoms with Crippen molar-refractivity contribution in [2.24, 2.45) is 9.98 Å². The van der Waals surface area contributed by atoms with Crippen LogP contribution in [0.2, 0.25) is 0 Å². The van der Waals surface area contributed by atoms with Crippen LogP contribution in [0.5, 0.6) is 40.2 Å². The van der Waals surface area contributed by atoms with Gasteiger partial charge in [-0.1, -0.05) is 83.6 Å². The molecule has 0 aliphatic carbocycles. The van der Waals surface area contributed by atoms with E-state index < -0.39 is 120 Å². The number of aryl methyl sites for hydroxylation is 1. The number of aliphatic hydroxyl groups excluding tert-OH is 4. The maximum Gasteiger partial charge on any atom is 0.501 e. The van der Waals surface area contributed by atoms with Gasteiger partial charge in [-0.2, -0.15) is 8.42 Å². The molecule has 3 amide bonds. The molecule has 5 aliphatic heterocycles. The highest BCUT2D eigenvalue weighted by molar-refractivity contribution is 7.91. The third-order valence-electron chi connectivity index (χ3n) is 22.4. The molecule has 686 valence electrons. The summed E-state index contributed by atoms with van der Waals surface area (Å²) >= 11 is 0. The van der Waals surface area contributed by atoms with Crippen LogP contribution in [0, 0.1) is 6.92 Å². The molecule has 6 N–H and O–H groups in total. The fraction of sp³-hybridized carbons (Fsp3) is 0.363. The first-order chi connectivity index (χ1) is 62.5. The molecule has 5 aliphatic rings. The summed E-state index contributed by atoms with van der Waals surface area (Å²) < 4.78 is 155. The SMILES string of the molecule is COc1cc2c(cc1OCc1cc(COc3cc4c(cc3OC)C(=O)N3Cc5ccccc5C[C@H]3C=N4)cc(OS(=O)(=O)Oc3cc(C(=O)CCCOCCn4cc(COCCOCCCC(=O)C(CCNC(=O)c5cccc(C(=O)CCS(=O)(=O)c6ccc(C)cc6)c5)S(=O)(=O)O)nn4)ccc3OC3O[C@H](CO)[C@H](O)[C@H](O)[C@H]3O)c1)N=C[C@@H]1Cc3ccccc3CN1C2=O. The van der Waals surface area contributed by atoms with E-state index in [0.29, 0.717) is 43.0 Å². The normalized spacial score (nSPS) is 18.3. The quantitative estimate of drug-likeness (QED) is 0.0120. The number of ketones is 3. The second kappa shape index (κ2) is 42.1. The number of aliphatic hydroxyl groups is 4. The van der Waals surface area contributed by atoms with E-state index in [-0.39, 0.29) is 195 Å². The third kappa shape index (κ3) is 23.3. The average molecular weight is 1850 g/mol. The molecule has 0 bridgehead atoms. The molecule has 6 heterocycles. The number of rotatable bonds is 43. The van der Waals surface area contributed by atoms with Gasteiger partial charge in [-0.3, -0.25) is 43.3 Å². The highest BCUT2D eigenvalue weighted by Gasteiger charge is 2.46. The fourth-order valence-corrected chi connectivity index (χ4v) is 18.2. The van der Waals surface area contributed by atoms with E-state index in [9.17, 15) is 79.0 Å². The van der Waals surface area contributed by atoms with Gasteiger partial charge in [-0.15, -0.1) is 13.5 Å². The van der Waals surface area contributed by atoms with Crippen molar-refractivity contribution in [1.82, 2.24) is 30.1 Å². The number of methoxy groups -OCH3 is 2. The predicted molar refractivity (Wildman–Crippen MR) is 466 cm³/mol. The van der Waals surface area contributed by atoms with Crippen molar-refractivity contribution in [1.29, 1.82) is 0 Å². The number of aromatic nitrogens is 3. The van der Waals surface area contributed by atoms with Gasteiger partial charge in [0.2, 0.25) is 6.29 Å². The summed E-state index contributed by atoms with van der Waals surface area (Å²) in [7, 11) is -11.2. The Morgan fingerprint density at radius 2 is 1.15 bits per heavy atom. The number of ether oxygens (including phenoxy) is 9. The van der Waals surface area contributed by atoms with Crippen molar-refractivity contribution < 1.29 is 130 Å². The minimum atomic E-state index is -5.34. The lowest BCUT2D eigenvalue weighted by Gasteiger charge is -2.39. The Hall–Kier alpha value is -12.3. The molecule has 0 saturated carbocycles. The van der Waals surface area contributed by atoms with Gasteiger partial charge in [-0.25, -0.2) is 13.1 Å². The summed E-state index contributed by atoms with van der Waals surface area (Å²) in [6, 6.07) is 40.9. The van der Waals surface area contributed by atoms with Gasteiger partial charge in [0.05, 0.1) is 105 Å². The summed E-state index contributed by atoms with van der Waals surface area (Å²) in [5.74, 6) is -4.35. The molecule has 36 nitrogen and oxygen atoms in total. The van der Waals surface area contributed by atoms with Gasteiger partial charge in [0.1, 0.15) is 54.3 Å². The van der Waals surface area contributed by atoms with Crippen molar-refractivity contribution in [2.45, 2.75) is 151 Å². The van der Waals surface area contributed by atoms with Crippen LogP contribution in [0.1, 0.15) is 135 Å². The van der Waals surface area contributed by atoms with Crippen molar-refractivity contribution in [3.63, 3.8) is 0 Å². The van der Waals surface area contributed by atoms with E-state index in [0.717, 1.165) is 39.9 Å². The highest BCUT2D eigenvalue weighted by atomic mass is 32.3. The number of amides is 3. The zero-order valence-electron chi connectivity index (χ0n) is 70.9. The number of nitrogens with one attached hydrogen (secondary N) is 1. The first-order valence-electron chi connectivity index (χ1n) is 41.8. The Kier molecular flexibility index (Phi) is 30.4. The van der Waals surface area contributed by atoms with Crippen LogP contribution in [0.3, 0.4) is 0 Å². The zero-order valence-corrected chi connectivity index (χ0v) is 73.3. The molecule has 0 radical (unpaired) electrons. The molecule has 1 fully saturated rings. The van der Waals surface area contributed by atoms with Crippen LogP contribution in [0.4, 0.5) is 11.4 Å². The first-order valence-corrected chi connectivity index (χ1v) is 46.2. The van der Waals surface area contributed by atoms with Gasteiger partial charge in [0, 0.05) is 93.4 Å². The molecule has 130 heavy (non-hydrogen) atoms. The number of benzene rings is 8. The number of hydrogen-bond donors (Lipinski definition) is 6. The van der Waals surface area contributed by atoms with Gasteiger partial charge >= 0.3 is 10.4 Å². The lowest BCUT2D eigenvalue weighted by atomic mass is 9.94. The lowest BCUT2D eigenvalue weighted by Crippen LogP contribution is -2.60. The number of carbonyl (C=O) groups excluding carboxylic acids is 6. The maximum atomic E-state index is 14.6. The van der Waals surface area contributed by atoms with E-state index in [4.69, 9.17) is 61.0 Å². The Morgan fingerprint density at radius 1 is 0.569 bits per heavy atom. The largest absolute Gasteiger partial charge is 0.501 e. The molecule has 2 unspecified atom stereocenters. The summed E-state index contributed by atoms with van der Waals surface area (Å²) in [5.41, 5.74) is 7.35. The minimum absolute atomic E-state index is 0.0250. The van der Waals surface area contributed by atoms with Crippen LogP contribution in [-0.2, 0) is 106 Å². The molecule has 14 rings (SSSR count). The second-order valence-corrected chi connectivity index (χ2v) is 36.3. The van der Waals surface area contributed by atoms with E-state index in [1.165, 1.54) is 73.5 Å². The minimum Gasteiger partial charge on any atom is -0.493 e. The van der Waals surface area contributed by atoms with Gasteiger partial charge < -0.3 is 86.5 Å². The smallest absolute Gasteiger partial charge is 0.493 e. The molecule has 1 saturated heterocycles. The fourth-order valence-electron chi connectivity index (χ4n) is 15.4. The Morgan fingerprint density at radius 3 is 1.75 bits per heavy atom. The van der Waals surface area contributed by atoms with E-state index in [1.807, 2.05) is 55.5 Å². The molecule has 8 atom stereocenters. The molecule has 8 aromatic carbocycles. The van der Waals surface area contributed by atoms with E-state index in [2.05, 4.69) is 15.6 Å². The summed E-state index contributed by atoms with van der Waals surface area (Å²) in [5, 5.41) is 51.2. The summed E-state index contributed by atoms with van der Waals surface area (Å²) in [6.45, 7) is 1.47. The molecule has 0 spiro atoms. The van der Waals surface area contributed by atoms with E-state index >= 15 is 0 Å². The average Bonchev–Trinajstić information content (AvgIpc) is 1.57.